The third kappa shape index (κ3) is 4.20. The second kappa shape index (κ2) is 9.02. The molecule has 0 spiro atoms. The van der Waals surface area contributed by atoms with Crippen LogP contribution in [0.15, 0.2) is 24.3 Å². The Bertz CT molecular complexity index is 723. The van der Waals surface area contributed by atoms with Crippen molar-refractivity contribution in [2.75, 3.05) is 26.2 Å². The highest BCUT2D eigenvalue weighted by molar-refractivity contribution is 5.79. The zero-order valence-electron chi connectivity index (χ0n) is 18.9. The molecule has 2 saturated carbocycles. The summed E-state index contributed by atoms with van der Waals surface area (Å²) in [4.78, 5) is 17.9. The number of benzene rings is 1. The van der Waals surface area contributed by atoms with E-state index in [2.05, 4.69) is 41.0 Å². The zero-order valence-corrected chi connectivity index (χ0v) is 18.9. The number of carbonyl (C=O) groups excluding carboxylic acids is 1. The number of likely N-dealkylation sites (tertiary alicyclic amines) is 2. The first-order chi connectivity index (χ1) is 14.7. The van der Waals surface area contributed by atoms with Crippen molar-refractivity contribution < 1.29 is 4.79 Å². The molecule has 0 N–H and O–H groups in total. The molecule has 2 aliphatic heterocycles. The minimum Gasteiger partial charge on any atom is -0.342 e. The average molecular weight is 409 g/mol. The van der Waals surface area contributed by atoms with E-state index in [1.807, 2.05) is 0 Å². The second-order valence-electron chi connectivity index (χ2n) is 10.7. The highest BCUT2D eigenvalue weighted by Crippen LogP contribution is 2.48. The van der Waals surface area contributed by atoms with Gasteiger partial charge < -0.3 is 9.80 Å². The number of carbonyl (C=O) groups is 1. The molecule has 30 heavy (non-hydrogen) atoms. The number of hydrogen-bond acceptors (Lipinski definition) is 2. The molecule has 0 radical (unpaired) electrons. The molecule has 5 rings (SSSR count). The highest BCUT2D eigenvalue weighted by atomic mass is 16.2. The molecule has 4 fully saturated rings. The summed E-state index contributed by atoms with van der Waals surface area (Å²) in [6.45, 7) is 6.89. The van der Waals surface area contributed by atoms with Crippen molar-refractivity contribution >= 4 is 5.91 Å². The molecule has 4 unspecified atom stereocenters. The van der Waals surface area contributed by atoms with Crippen LogP contribution in [0.4, 0.5) is 0 Å². The van der Waals surface area contributed by atoms with Gasteiger partial charge in [-0.2, -0.15) is 0 Å². The SMILES string of the molecule is CC1CCCN1CCc1ccc(C2CCC3CN(C(=O)C4CCCCC4)CC32)cc1. The largest absolute Gasteiger partial charge is 0.342 e. The minimum atomic E-state index is 0.327. The Balaban J connectivity index is 1.17. The van der Waals surface area contributed by atoms with Crippen molar-refractivity contribution in [2.45, 2.75) is 83.1 Å². The Morgan fingerprint density at radius 3 is 2.47 bits per heavy atom. The van der Waals surface area contributed by atoms with Crippen molar-refractivity contribution in [2.24, 2.45) is 17.8 Å². The average Bonchev–Trinajstić information content (AvgIpc) is 3.49. The first-order valence-corrected chi connectivity index (χ1v) is 12.8. The number of hydrogen-bond donors (Lipinski definition) is 0. The Morgan fingerprint density at radius 2 is 1.73 bits per heavy atom. The molecule has 2 saturated heterocycles. The van der Waals surface area contributed by atoms with Crippen LogP contribution in [-0.2, 0) is 11.2 Å². The first-order valence-electron chi connectivity index (χ1n) is 12.8. The molecule has 4 aliphatic rings. The maximum Gasteiger partial charge on any atom is 0.225 e. The standard InChI is InChI=1S/C27H40N2O/c1-20-6-5-16-28(20)17-15-21-9-11-22(12-10-21)25-14-13-24-18-29(19-26(24)25)27(30)23-7-3-2-4-8-23/h9-12,20,23-26H,2-8,13-19H2,1H3. The van der Waals surface area contributed by atoms with Crippen molar-refractivity contribution in [3.05, 3.63) is 35.4 Å². The van der Waals surface area contributed by atoms with Gasteiger partial charge in [0.15, 0.2) is 0 Å². The van der Waals surface area contributed by atoms with Crippen molar-refractivity contribution in [3.8, 4) is 0 Å². The predicted molar refractivity (Wildman–Crippen MR) is 123 cm³/mol. The smallest absolute Gasteiger partial charge is 0.225 e. The van der Waals surface area contributed by atoms with Crippen LogP contribution < -0.4 is 0 Å². The second-order valence-corrected chi connectivity index (χ2v) is 10.7. The van der Waals surface area contributed by atoms with E-state index in [1.54, 1.807) is 0 Å². The van der Waals surface area contributed by atoms with Gasteiger partial charge in [-0.05, 0) is 87.3 Å². The van der Waals surface area contributed by atoms with Gasteiger partial charge in [-0.3, -0.25) is 4.79 Å². The Morgan fingerprint density at radius 1 is 0.933 bits per heavy atom. The molecule has 1 aromatic rings. The summed E-state index contributed by atoms with van der Waals surface area (Å²) in [7, 11) is 0. The summed E-state index contributed by atoms with van der Waals surface area (Å²) in [6, 6.07) is 10.3. The van der Waals surface area contributed by atoms with Crippen LogP contribution in [-0.4, -0.2) is 47.9 Å². The van der Waals surface area contributed by atoms with Crippen molar-refractivity contribution in [1.29, 1.82) is 0 Å². The van der Waals surface area contributed by atoms with Crippen LogP contribution >= 0.6 is 0 Å². The number of rotatable bonds is 5. The molecular formula is C27H40N2O. The fraction of sp³-hybridized carbons (Fsp3) is 0.741. The Hall–Kier alpha value is -1.35. The van der Waals surface area contributed by atoms with E-state index in [0.29, 0.717) is 23.7 Å². The zero-order chi connectivity index (χ0) is 20.5. The fourth-order valence-electron chi connectivity index (χ4n) is 7.00. The first kappa shape index (κ1) is 20.5. The fourth-order valence-corrected chi connectivity index (χ4v) is 7.00. The molecule has 3 heteroatoms. The van der Waals surface area contributed by atoms with E-state index in [-0.39, 0.29) is 0 Å². The van der Waals surface area contributed by atoms with E-state index in [4.69, 9.17) is 0 Å². The molecule has 0 aromatic heterocycles. The summed E-state index contributed by atoms with van der Waals surface area (Å²) < 4.78 is 0. The molecule has 3 nitrogen and oxygen atoms in total. The van der Waals surface area contributed by atoms with Gasteiger partial charge in [0, 0.05) is 31.6 Å². The molecule has 1 aromatic carbocycles. The Labute approximate surface area is 183 Å². The minimum absolute atomic E-state index is 0.327. The maximum atomic E-state index is 13.0. The molecule has 1 amide bonds. The van der Waals surface area contributed by atoms with E-state index in [1.165, 1.54) is 75.6 Å². The highest BCUT2D eigenvalue weighted by Gasteiger charge is 2.45. The lowest BCUT2D eigenvalue weighted by molar-refractivity contribution is -0.135. The summed E-state index contributed by atoms with van der Waals surface area (Å²) >= 11 is 0. The van der Waals surface area contributed by atoms with Gasteiger partial charge in [-0.15, -0.1) is 0 Å². The number of amides is 1. The van der Waals surface area contributed by atoms with Gasteiger partial charge in [0.05, 0.1) is 0 Å². The summed E-state index contributed by atoms with van der Waals surface area (Å²) in [5.41, 5.74) is 3.00. The normalized spacial score (nSPS) is 32.6. The molecule has 4 atom stereocenters. The van der Waals surface area contributed by atoms with Gasteiger partial charge in [0.1, 0.15) is 0 Å². The lowest BCUT2D eigenvalue weighted by Crippen LogP contribution is -2.36. The van der Waals surface area contributed by atoms with E-state index in [0.717, 1.165) is 37.9 Å². The van der Waals surface area contributed by atoms with Crippen LogP contribution in [0.3, 0.4) is 0 Å². The molecular weight excluding hydrogens is 368 g/mol. The van der Waals surface area contributed by atoms with Gasteiger partial charge in [-0.1, -0.05) is 43.5 Å². The summed E-state index contributed by atoms with van der Waals surface area (Å²) in [5.74, 6) is 2.89. The monoisotopic (exact) mass is 408 g/mol. The number of nitrogens with zero attached hydrogens (tertiary/aromatic N) is 2. The topological polar surface area (TPSA) is 23.6 Å². The third-order valence-electron chi connectivity index (χ3n) is 8.91. The van der Waals surface area contributed by atoms with E-state index >= 15 is 0 Å². The molecule has 2 aliphatic carbocycles. The van der Waals surface area contributed by atoms with E-state index < -0.39 is 0 Å². The van der Waals surface area contributed by atoms with Crippen LogP contribution in [0.25, 0.3) is 0 Å². The van der Waals surface area contributed by atoms with Crippen LogP contribution in [0.2, 0.25) is 0 Å². The molecule has 2 heterocycles. The van der Waals surface area contributed by atoms with Crippen LogP contribution in [0.1, 0.15) is 81.8 Å². The lowest BCUT2D eigenvalue weighted by Gasteiger charge is -2.27. The van der Waals surface area contributed by atoms with Crippen LogP contribution in [0, 0.1) is 17.8 Å². The molecule has 0 bridgehead atoms. The van der Waals surface area contributed by atoms with Gasteiger partial charge >= 0.3 is 0 Å². The van der Waals surface area contributed by atoms with Crippen molar-refractivity contribution in [3.63, 3.8) is 0 Å². The van der Waals surface area contributed by atoms with Gasteiger partial charge in [0.25, 0.3) is 0 Å². The van der Waals surface area contributed by atoms with Gasteiger partial charge in [0.2, 0.25) is 5.91 Å². The quantitative estimate of drug-likeness (QED) is 0.665. The predicted octanol–water partition coefficient (Wildman–Crippen LogP) is 5.25. The lowest BCUT2D eigenvalue weighted by atomic mass is 9.86. The summed E-state index contributed by atoms with van der Waals surface area (Å²) in [5, 5.41) is 0. The third-order valence-corrected chi connectivity index (χ3v) is 8.91. The Kier molecular flexibility index (Phi) is 6.18. The number of fused-ring (bicyclic) bond motifs is 1. The van der Waals surface area contributed by atoms with E-state index in [9.17, 15) is 4.79 Å². The molecule has 164 valence electrons. The van der Waals surface area contributed by atoms with Crippen molar-refractivity contribution in [1.82, 2.24) is 9.80 Å². The van der Waals surface area contributed by atoms with Gasteiger partial charge in [-0.25, -0.2) is 0 Å². The summed E-state index contributed by atoms with van der Waals surface area (Å²) in [6.07, 6.45) is 12.6. The van der Waals surface area contributed by atoms with Crippen LogP contribution in [0.5, 0.6) is 0 Å². The maximum absolute atomic E-state index is 13.0.